The van der Waals surface area contributed by atoms with Crippen molar-refractivity contribution in [3.63, 3.8) is 0 Å². The van der Waals surface area contributed by atoms with Gasteiger partial charge in [0.1, 0.15) is 11.5 Å². The zero-order chi connectivity index (χ0) is 13.2. The van der Waals surface area contributed by atoms with Crippen molar-refractivity contribution in [1.29, 1.82) is 0 Å². The highest BCUT2D eigenvalue weighted by molar-refractivity contribution is 5.76. The first-order valence-corrected chi connectivity index (χ1v) is 6.48. The molecule has 0 aromatic heterocycles. The summed E-state index contributed by atoms with van der Waals surface area (Å²) in [5.41, 5.74) is 10.1. The predicted octanol–water partition coefficient (Wildman–Crippen LogP) is 3.27. The molecule has 0 saturated carbocycles. The number of anilines is 1. The van der Waals surface area contributed by atoms with Crippen molar-refractivity contribution in [2.45, 2.75) is 12.8 Å². The lowest BCUT2D eigenvalue weighted by Crippen LogP contribution is -2.09. The van der Waals surface area contributed by atoms with Gasteiger partial charge in [0.25, 0.3) is 0 Å². The normalized spacial score (nSPS) is 13.5. The van der Waals surface area contributed by atoms with Crippen molar-refractivity contribution in [2.24, 2.45) is 0 Å². The van der Waals surface area contributed by atoms with E-state index in [1.807, 2.05) is 18.2 Å². The summed E-state index contributed by atoms with van der Waals surface area (Å²) in [4.78, 5) is 0. The van der Waals surface area contributed by atoms with E-state index in [1.54, 1.807) is 7.11 Å². The van der Waals surface area contributed by atoms with Crippen LogP contribution in [0.5, 0.6) is 11.5 Å². The molecule has 0 spiro atoms. The minimum Gasteiger partial charge on any atom is -0.495 e. The van der Waals surface area contributed by atoms with Gasteiger partial charge in [-0.25, -0.2) is 0 Å². The van der Waals surface area contributed by atoms with E-state index in [4.69, 9.17) is 15.2 Å². The average Bonchev–Trinajstić information content (AvgIpc) is 2.46. The van der Waals surface area contributed by atoms with Crippen LogP contribution >= 0.6 is 0 Å². The molecule has 2 aromatic carbocycles. The molecule has 1 aliphatic rings. The minimum atomic E-state index is 0.647. The Bertz CT molecular complexity index is 608. The number of aryl methyl sites for hydroxylation is 1. The maximum atomic E-state index is 5.98. The van der Waals surface area contributed by atoms with Gasteiger partial charge < -0.3 is 15.2 Å². The number of hydrogen-bond acceptors (Lipinski definition) is 3. The summed E-state index contributed by atoms with van der Waals surface area (Å²) in [7, 11) is 1.62. The van der Waals surface area contributed by atoms with Crippen LogP contribution in [0.2, 0.25) is 0 Å². The molecule has 3 nitrogen and oxygen atoms in total. The van der Waals surface area contributed by atoms with Gasteiger partial charge in [0.05, 0.1) is 19.4 Å². The van der Waals surface area contributed by atoms with E-state index in [2.05, 4.69) is 18.2 Å². The van der Waals surface area contributed by atoms with Gasteiger partial charge in [-0.3, -0.25) is 0 Å². The number of nitrogen functional groups attached to an aromatic ring is 1. The summed E-state index contributed by atoms with van der Waals surface area (Å²) in [6.45, 7) is 0.787. The summed E-state index contributed by atoms with van der Waals surface area (Å²) in [5, 5.41) is 0. The maximum absolute atomic E-state index is 5.98. The fourth-order valence-corrected chi connectivity index (χ4v) is 2.52. The molecule has 2 N–H and O–H groups in total. The maximum Gasteiger partial charge on any atom is 0.141 e. The quantitative estimate of drug-likeness (QED) is 0.838. The summed E-state index contributed by atoms with van der Waals surface area (Å²) in [6, 6.07) is 12.1. The summed E-state index contributed by atoms with van der Waals surface area (Å²) >= 11 is 0. The number of fused-ring (bicyclic) bond motifs is 1. The van der Waals surface area contributed by atoms with Crippen LogP contribution in [0, 0.1) is 0 Å². The van der Waals surface area contributed by atoms with Crippen molar-refractivity contribution in [1.82, 2.24) is 0 Å². The number of rotatable bonds is 2. The first-order valence-electron chi connectivity index (χ1n) is 6.48. The first kappa shape index (κ1) is 11.9. The number of benzene rings is 2. The van der Waals surface area contributed by atoms with Crippen LogP contribution in [-0.4, -0.2) is 13.7 Å². The van der Waals surface area contributed by atoms with Gasteiger partial charge in [-0.05, 0) is 36.1 Å². The van der Waals surface area contributed by atoms with E-state index in [0.29, 0.717) is 11.4 Å². The van der Waals surface area contributed by atoms with E-state index >= 15 is 0 Å². The fraction of sp³-hybridized carbons (Fsp3) is 0.250. The molecular weight excluding hydrogens is 238 g/mol. The van der Waals surface area contributed by atoms with E-state index < -0.39 is 0 Å². The van der Waals surface area contributed by atoms with Gasteiger partial charge >= 0.3 is 0 Å². The molecule has 1 heterocycles. The standard InChI is InChI=1S/C16H17NO2/c1-18-15-8-7-12(10-14(15)17)13-6-2-4-11-5-3-9-19-16(11)13/h2,4,6-8,10H,3,5,9,17H2,1H3. The minimum absolute atomic E-state index is 0.647. The SMILES string of the molecule is COc1ccc(-c2cccc3c2OCCC3)cc1N. The van der Waals surface area contributed by atoms with Crippen molar-refractivity contribution in [2.75, 3.05) is 19.5 Å². The second kappa shape index (κ2) is 4.84. The van der Waals surface area contributed by atoms with Crippen molar-refractivity contribution < 1.29 is 9.47 Å². The third kappa shape index (κ3) is 2.12. The number of methoxy groups -OCH3 is 1. The molecule has 3 heteroatoms. The Morgan fingerprint density at radius 3 is 2.89 bits per heavy atom. The Morgan fingerprint density at radius 1 is 1.21 bits per heavy atom. The lowest BCUT2D eigenvalue weighted by molar-refractivity contribution is 0.289. The Balaban J connectivity index is 2.09. The molecule has 0 aliphatic carbocycles. The van der Waals surface area contributed by atoms with Gasteiger partial charge in [-0.1, -0.05) is 24.3 Å². The smallest absolute Gasteiger partial charge is 0.141 e. The van der Waals surface area contributed by atoms with Crippen LogP contribution in [0.3, 0.4) is 0 Å². The van der Waals surface area contributed by atoms with Crippen LogP contribution < -0.4 is 15.2 Å². The predicted molar refractivity (Wildman–Crippen MR) is 76.7 cm³/mol. The molecule has 19 heavy (non-hydrogen) atoms. The van der Waals surface area contributed by atoms with Crippen LogP contribution in [0.4, 0.5) is 5.69 Å². The van der Waals surface area contributed by atoms with Gasteiger partial charge in [-0.15, -0.1) is 0 Å². The summed E-state index contributed by atoms with van der Waals surface area (Å²) in [6.07, 6.45) is 2.16. The highest BCUT2D eigenvalue weighted by Gasteiger charge is 2.15. The van der Waals surface area contributed by atoms with Crippen LogP contribution in [0.15, 0.2) is 36.4 Å². The third-order valence-electron chi connectivity index (χ3n) is 3.47. The van der Waals surface area contributed by atoms with Gasteiger partial charge in [0.2, 0.25) is 0 Å². The fourth-order valence-electron chi connectivity index (χ4n) is 2.52. The highest BCUT2D eigenvalue weighted by atomic mass is 16.5. The van der Waals surface area contributed by atoms with Crippen molar-refractivity contribution in [3.05, 3.63) is 42.0 Å². The number of nitrogens with two attached hydrogens (primary N) is 1. The third-order valence-corrected chi connectivity index (χ3v) is 3.47. The molecule has 0 amide bonds. The molecule has 0 unspecified atom stereocenters. The Kier molecular flexibility index (Phi) is 3.03. The van der Waals surface area contributed by atoms with Crippen LogP contribution in [-0.2, 0) is 6.42 Å². The van der Waals surface area contributed by atoms with Crippen molar-refractivity contribution in [3.8, 4) is 22.6 Å². The lowest BCUT2D eigenvalue weighted by Gasteiger charge is -2.20. The first-order chi connectivity index (χ1) is 9.29. The number of ether oxygens (including phenoxy) is 2. The largest absolute Gasteiger partial charge is 0.495 e. The van der Waals surface area contributed by atoms with Gasteiger partial charge in [-0.2, -0.15) is 0 Å². The molecular formula is C16H17NO2. The van der Waals surface area contributed by atoms with E-state index in [0.717, 1.165) is 36.3 Å². The Hall–Kier alpha value is -2.16. The van der Waals surface area contributed by atoms with Gasteiger partial charge in [0.15, 0.2) is 0 Å². The van der Waals surface area contributed by atoms with Crippen molar-refractivity contribution >= 4 is 5.69 Å². The van der Waals surface area contributed by atoms with E-state index in [1.165, 1.54) is 5.56 Å². The second-order valence-electron chi connectivity index (χ2n) is 4.70. The Labute approximate surface area is 113 Å². The molecule has 1 aliphatic heterocycles. The topological polar surface area (TPSA) is 44.5 Å². The average molecular weight is 255 g/mol. The molecule has 0 atom stereocenters. The van der Waals surface area contributed by atoms with Crippen LogP contribution in [0.25, 0.3) is 11.1 Å². The molecule has 0 bridgehead atoms. The molecule has 0 radical (unpaired) electrons. The number of para-hydroxylation sites is 1. The van der Waals surface area contributed by atoms with Crippen LogP contribution in [0.1, 0.15) is 12.0 Å². The summed E-state index contributed by atoms with van der Waals surface area (Å²) in [5.74, 6) is 1.70. The molecule has 0 saturated heterocycles. The summed E-state index contributed by atoms with van der Waals surface area (Å²) < 4.78 is 11.0. The highest BCUT2D eigenvalue weighted by Crippen LogP contribution is 2.38. The zero-order valence-electron chi connectivity index (χ0n) is 11.0. The van der Waals surface area contributed by atoms with Gasteiger partial charge in [0, 0.05) is 5.56 Å². The monoisotopic (exact) mass is 255 g/mol. The van der Waals surface area contributed by atoms with E-state index in [9.17, 15) is 0 Å². The molecule has 98 valence electrons. The van der Waals surface area contributed by atoms with E-state index in [-0.39, 0.29) is 0 Å². The molecule has 2 aromatic rings. The zero-order valence-corrected chi connectivity index (χ0v) is 11.0. The molecule has 3 rings (SSSR count). The lowest BCUT2D eigenvalue weighted by atomic mass is 9.97. The second-order valence-corrected chi connectivity index (χ2v) is 4.70. The molecule has 0 fully saturated rings. The number of hydrogen-bond donors (Lipinski definition) is 1. The Morgan fingerprint density at radius 2 is 2.11 bits per heavy atom.